The van der Waals surface area contributed by atoms with E-state index < -0.39 is 18.4 Å². The van der Waals surface area contributed by atoms with Crippen LogP contribution in [0, 0.1) is 11.3 Å². The smallest absolute Gasteiger partial charge is 0.451 e. The highest BCUT2D eigenvalue weighted by Gasteiger charge is 2.60. The van der Waals surface area contributed by atoms with Crippen molar-refractivity contribution in [3.63, 3.8) is 0 Å². The minimum Gasteiger partial charge on any atom is -0.451 e. The molecule has 1 N–H and O–H groups in total. The van der Waals surface area contributed by atoms with Gasteiger partial charge < -0.3 is 9.84 Å². The van der Waals surface area contributed by atoms with E-state index in [4.69, 9.17) is 16.9 Å². The number of hydrogen-bond acceptors (Lipinski definition) is 3. The first-order valence-corrected chi connectivity index (χ1v) is 5.52. The van der Waals surface area contributed by atoms with E-state index in [0.29, 0.717) is 5.02 Å². The van der Waals surface area contributed by atoms with Crippen molar-refractivity contribution in [2.75, 3.05) is 0 Å². The molecule has 100 valence electrons. The highest BCUT2D eigenvalue weighted by molar-refractivity contribution is 6.30. The van der Waals surface area contributed by atoms with Gasteiger partial charge in [-0.05, 0) is 24.3 Å². The number of alkyl halides is 3. The standard InChI is InChI=1S/C12H7ClF3NO2/c13-9-3-1-7(2-4-9)10-8(6-17)5-11(18,19-10)12(14,15)16/h1-4,18H,5H2. The zero-order chi connectivity index (χ0) is 14.3. The van der Waals surface area contributed by atoms with Crippen LogP contribution in [0.5, 0.6) is 0 Å². The van der Waals surface area contributed by atoms with Crippen LogP contribution in [0.2, 0.25) is 5.02 Å². The van der Waals surface area contributed by atoms with Crippen molar-refractivity contribution < 1.29 is 23.0 Å². The molecule has 0 radical (unpaired) electrons. The highest BCUT2D eigenvalue weighted by atomic mass is 35.5. The van der Waals surface area contributed by atoms with Gasteiger partial charge in [-0.2, -0.15) is 18.4 Å². The number of rotatable bonds is 1. The summed E-state index contributed by atoms with van der Waals surface area (Å²) in [5.74, 6) is -3.63. The molecule has 0 amide bonds. The molecular weight excluding hydrogens is 283 g/mol. The van der Waals surface area contributed by atoms with E-state index in [-0.39, 0.29) is 16.9 Å². The molecule has 0 aliphatic carbocycles. The van der Waals surface area contributed by atoms with Crippen molar-refractivity contribution in [1.29, 1.82) is 5.26 Å². The fourth-order valence-electron chi connectivity index (χ4n) is 1.67. The molecule has 1 atom stereocenters. The normalized spacial score (nSPS) is 23.2. The predicted molar refractivity (Wildman–Crippen MR) is 60.7 cm³/mol. The third-order valence-corrected chi connectivity index (χ3v) is 2.90. The monoisotopic (exact) mass is 289 g/mol. The predicted octanol–water partition coefficient (Wildman–Crippen LogP) is 3.25. The van der Waals surface area contributed by atoms with Crippen LogP contribution < -0.4 is 0 Å². The van der Waals surface area contributed by atoms with Crippen molar-refractivity contribution in [2.45, 2.75) is 18.4 Å². The van der Waals surface area contributed by atoms with E-state index in [2.05, 4.69) is 4.74 Å². The molecule has 1 aromatic rings. The molecule has 19 heavy (non-hydrogen) atoms. The van der Waals surface area contributed by atoms with Gasteiger partial charge in [0.05, 0.1) is 18.1 Å². The summed E-state index contributed by atoms with van der Waals surface area (Å²) in [6.07, 6.45) is -5.91. The topological polar surface area (TPSA) is 53.2 Å². The molecule has 0 spiro atoms. The van der Waals surface area contributed by atoms with Crippen molar-refractivity contribution in [2.24, 2.45) is 0 Å². The largest absolute Gasteiger partial charge is 0.455 e. The second kappa shape index (κ2) is 4.44. The first-order valence-electron chi connectivity index (χ1n) is 5.14. The molecule has 2 rings (SSSR count). The average Bonchev–Trinajstić information content (AvgIpc) is 2.68. The Hall–Kier alpha value is -1.71. The Morgan fingerprint density at radius 1 is 1.32 bits per heavy atom. The minimum absolute atomic E-state index is 0.251. The lowest BCUT2D eigenvalue weighted by atomic mass is 10.1. The van der Waals surface area contributed by atoms with Crippen molar-refractivity contribution >= 4 is 17.4 Å². The maximum absolute atomic E-state index is 12.7. The molecular formula is C12H7ClF3NO2. The van der Waals surface area contributed by atoms with Crippen LogP contribution in [0.15, 0.2) is 29.8 Å². The lowest BCUT2D eigenvalue weighted by Gasteiger charge is -2.25. The zero-order valence-corrected chi connectivity index (χ0v) is 10.1. The SMILES string of the molecule is N#CC1=C(c2ccc(Cl)cc2)OC(O)(C(F)(F)F)C1. The molecule has 1 heterocycles. The third kappa shape index (κ3) is 2.39. The van der Waals surface area contributed by atoms with Crippen LogP contribution in [-0.4, -0.2) is 17.1 Å². The van der Waals surface area contributed by atoms with Crippen molar-refractivity contribution in [3.05, 3.63) is 40.4 Å². The molecule has 0 saturated heterocycles. The first kappa shape index (κ1) is 13.7. The summed E-state index contributed by atoms with van der Waals surface area (Å²) in [6.45, 7) is 0. The average molecular weight is 290 g/mol. The molecule has 0 fully saturated rings. The number of halogens is 4. The van der Waals surface area contributed by atoms with Crippen LogP contribution in [0.3, 0.4) is 0 Å². The van der Waals surface area contributed by atoms with Crippen LogP contribution in [0.25, 0.3) is 5.76 Å². The Balaban J connectivity index is 2.40. The van der Waals surface area contributed by atoms with E-state index in [1.807, 2.05) is 0 Å². The number of aliphatic hydroxyl groups is 1. The molecule has 0 saturated carbocycles. The Labute approximate surface area is 111 Å². The second-order valence-corrected chi connectivity index (χ2v) is 4.42. The Morgan fingerprint density at radius 2 is 1.89 bits per heavy atom. The number of nitriles is 1. The molecule has 1 aliphatic heterocycles. The maximum Gasteiger partial charge on any atom is 0.455 e. The lowest BCUT2D eigenvalue weighted by molar-refractivity contribution is -0.337. The molecule has 7 heteroatoms. The molecule has 1 unspecified atom stereocenters. The Morgan fingerprint density at radius 3 is 2.37 bits per heavy atom. The van der Waals surface area contributed by atoms with Crippen LogP contribution in [0.4, 0.5) is 13.2 Å². The van der Waals surface area contributed by atoms with E-state index in [0.717, 1.165) is 0 Å². The second-order valence-electron chi connectivity index (χ2n) is 3.99. The van der Waals surface area contributed by atoms with Gasteiger partial charge in [-0.15, -0.1) is 0 Å². The van der Waals surface area contributed by atoms with Gasteiger partial charge in [0, 0.05) is 10.6 Å². The fraction of sp³-hybridized carbons (Fsp3) is 0.250. The van der Waals surface area contributed by atoms with Gasteiger partial charge in [0.1, 0.15) is 5.76 Å². The van der Waals surface area contributed by atoms with Crippen molar-refractivity contribution in [1.82, 2.24) is 0 Å². The Kier molecular flexibility index (Phi) is 3.20. The summed E-state index contributed by atoms with van der Waals surface area (Å²) in [5, 5.41) is 18.7. The van der Waals surface area contributed by atoms with E-state index >= 15 is 0 Å². The van der Waals surface area contributed by atoms with Gasteiger partial charge in [0.25, 0.3) is 0 Å². The van der Waals surface area contributed by atoms with Gasteiger partial charge in [-0.1, -0.05) is 11.6 Å². The maximum atomic E-state index is 12.7. The summed E-state index contributed by atoms with van der Waals surface area (Å²) in [5.41, 5.74) is -0.0109. The van der Waals surface area contributed by atoms with E-state index in [9.17, 15) is 18.3 Å². The summed E-state index contributed by atoms with van der Waals surface area (Å²) in [4.78, 5) is 0. The number of nitrogens with zero attached hydrogens (tertiary/aromatic N) is 1. The minimum atomic E-state index is -4.98. The lowest BCUT2D eigenvalue weighted by Crippen LogP contribution is -2.44. The van der Waals surface area contributed by atoms with Gasteiger partial charge >= 0.3 is 12.0 Å². The van der Waals surface area contributed by atoms with Crippen LogP contribution >= 0.6 is 11.6 Å². The van der Waals surface area contributed by atoms with Crippen molar-refractivity contribution in [3.8, 4) is 6.07 Å². The van der Waals surface area contributed by atoms with Crippen LogP contribution in [0.1, 0.15) is 12.0 Å². The number of ether oxygens (including phenoxy) is 1. The van der Waals surface area contributed by atoms with Gasteiger partial charge in [0.15, 0.2) is 0 Å². The Bertz CT molecular complexity index is 574. The van der Waals surface area contributed by atoms with Crippen LogP contribution in [-0.2, 0) is 4.74 Å². The third-order valence-electron chi connectivity index (χ3n) is 2.65. The molecule has 0 aromatic heterocycles. The molecule has 1 aliphatic rings. The summed E-state index contributed by atoms with van der Waals surface area (Å²) >= 11 is 5.67. The fourth-order valence-corrected chi connectivity index (χ4v) is 1.80. The first-order chi connectivity index (χ1) is 8.77. The molecule has 3 nitrogen and oxygen atoms in total. The zero-order valence-electron chi connectivity index (χ0n) is 9.33. The van der Waals surface area contributed by atoms with Gasteiger partial charge in [-0.25, -0.2) is 0 Å². The van der Waals surface area contributed by atoms with E-state index in [1.165, 1.54) is 24.3 Å². The summed E-state index contributed by atoms with van der Waals surface area (Å²) in [6, 6.07) is 7.35. The van der Waals surface area contributed by atoms with Gasteiger partial charge in [-0.3, -0.25) is 0 Å². The summed E-state index contributed by atoms with van der Waals surface area (Å²) < 4.78 is 42.6. The highest BCUT2D eigenvalue weighted by Crippen LogP contribution is 2.46. The molecule has 1 aromatic carbocycles. The summed E-state index contributed by atoms with van der Waals surface area (Å²) in [7, 11) is 0. The quantitative estimate of drug-likeness (QED) is 0.863. The number of hydrogen-bond donors (Lipinski definition) is 1. The van der Waals surface area contributed by atoms with E-state index in [1.54, 1.807) is 6.07 Å². The van der Waals surface area contributed by atoms with Gasteiger partial charge in [0.2, 0.25) is 0 Å². The molecule has 0 bridgehead atoms. The number of benzene rings is 1.